The zero-order chi connectivity index (χ0) is 23.0. The summed E-state index contributed by atoms with van der Waals surface area (Å²) in [5, 5.41) is 5.18. The fraction of sp³-hybridized carbons (Fsp3) is 0.208. The number of sulfonamides is 1. The highest BCUT2D eigenvalue weighted by molar-refractivity contribution is 7.89. The van der Waals surface area contributed by atoms with Crippen LogP contribution in [0.5, 0.6) is 17.2 Å². The van der Waals surface area contributed by atoms with Crippen molar-refractivity contribution in [1.29, 1.82) is 0 Å². The van der Waals surface area contributed by atoms with Gasteiger partial charge in [-0.1, -0.05) is 42.5 Å². The second-order valence-electron chi connectivity index (χ2n) is 7.23. The Morgan fingerprint density at radius 1 is 0.906 bits per heavy atom. The summed E-state index contributed by atoms with van der Waals surface area (Å²) < 4.78 is 39.4. The first-order valence-electron chi connectivity index (χ1n) is 9.94. The quantitative estimate of drug-likeness (QED) is 0.464. The minimum absolute atomic E-state index is 0.0820. The predicted molar refractivity (Wildman–Crippen MR) is 121 cm³/mol. The third kappa shape index (κ3) is 7.40. The molecule has 1 atom stereocenters. The Morgan fingerprint density at radius 3 is 2.25 bits per heavy atom. The molecule has 0 bridgehead atoms. The highest BCUT2D eigenvalue weighted by Crippen LogP contribution is 2.26. The average molecular weight is 456 g/mol. The molecule has 3 rings (SSSR count). The number of benzene rings is 3. The molecule has 0 amide bonds. The largest absolute Gasteiger partial charge is 0.489 e. The molecule has 0 aliphatic heterocycles. The maximum atomic E-state index is 11.7. The fourth-order valence-corrected chi connectivity index (χ4v) is 4.04. The topological polar surface area (TPSA) is 105 Å². The number of carbonyl (C=O) groups excluding carboxylic acids is 1. The van der Waals surface area contributed by atoms with E-state index in [1.807, 2.05) is 54.6 Å². The van der Waals surface area contributed by atoms with Crippen molar-refractivity contribution < 1.29 is 27.4 Å². The van der Waals surface area contributed by atoms with Crippen molar-refractivity contribution in [2.45, 2.75) is 18.9 Å². The van der Waals surface area contributed by atoms with E-state index in [-0.39, 0.29) is 12.2 Å². The molecule has 0 saturated heterocycles. The monoisotopic (exact) mass is 455 g/mol. The molecular formula is C24H25NO6S. The number of hydrogen-bond acceptors (Lipinski definition) is 6. The molecule has 0 aliphatic carbocycles. The van der Waals surface area contributed by atoms with E-state index in [4.69, 9.17) is 14.6 Å². The first kappa shape index (κ1) is 23.3. The molecule has 168 valence electrons. The van der Waals surface area contributed by atoms with Gasteiger partial charge in [-0.05, 0) is 47.5 Å². The van der Waals surface area contributed by atoms with Crippen molar-refractivity contribution >= 4 is 16.0 Å². The Balaban J connectivity index is 1.64. The van der Waals surface area contributed by atoms with Gasteiger partial charge in [0.1, 0.15) is 23.9 Å². The number of carbonyl (C=O) groups is 1. The van der Waals surface area contributed by atoms with E-state index in [2.05, 4.69) is 4.74 Å². The maximum Gasteiger partial charge on any atom is 0.306 e. The second kappa shape index (κ2) is 10.8. The smallest absolute Gasteiger partial charge is 0.306 e. The van der Waals surface area contributed by atoms with Crippen LogP contribution in [0.2, 0.25) is 0 Å². The van der Waals surface area contributed by atoms with Gasteiger partial charge in [0.25, 0.3) is 0 Å². The molecule has 0 aliphatic rings. The van der Waals surface area contributed by atoms with E-state index < -0.39 is 21.9 Å². The van der Waals surface area contributed by atoms with Crippen LogP contribution in [-0.4, -0.2) is 27.2 Å². The number of ether oxygens (including phenoxy) is 3. The number of esters is 1. The second-order valence-corrected chi connectivity index (χ2v) is 8.89. The molecule has 0 heterocycles. The summed E-state index contributed by atoms with van der Waals surface area (Å²) in [5.41, 5.74) is 1.59. The van der Waals surface area contributed by atoms with Crippen LogP contribution in [0.4, 0.5) is 0 Å². The summed E-state index contributed by atoms with van der Waals surface area (Å²) in [4.78, 5) is 11.7. The van der Waals surface area contributed by atoms with E-state index in [1.165, 1.54) is 7.11 Å². The van der Waals surface area contributed by atoms with Gasteiger partial charge in [0.15, 0.2) is 0 Å². The highest BCUT2D eigenvalue weighted by atomic mass is 32.2. The molecule has 0 radical (unpaired) electrons. The van der Waals surface area contributed by atoms with Gasteiger partial charge in [-0.3, -0.25) is 4.79 Å². The normalized spacial score (nSPS) is 12.1. The molecule has 0 saturated carbocycles. The summed E-state index contributed by atoms with van der Waals surface area (Å²) in [7, 11) is -2.50. The lowest BCUT2D eigenvalue weighted by Crippen LogP contribution is -2.24. The maximum absolute atomic E-state index is 11.7. The minimum Gasteiger partial charge on any atom is -0.489 e. The van der Waals surface area contributed by atoms with Gasteiger partial charge < -0.3 is 14.2 Å². The molecule has 0 aromatic heterocycles. The Morgan fingerprint density at radius 2 is 1.59 bits per heavy atom. The number of rotatable bonds is 10. The molecule has 1 unspecified atom stereocenters. The van der Waals surface area contributed by atoms with E-state index in [9.17, 15) is 13.2 Å². The molecule has 32 heavy (non-hydrogen) atoms. The van der Waals surface area contributed by atoms with Crippen LogP contribution in [-0.2, 0) is 26.2 Å². The third-order valence-corrected chi connectivity index (χ3v) is 5.58. The van der Waals surface area contributed by atoms with E-state index in [0.29, 0.717) is 23.7 Å². The van der Waals surface area contributed by atoms with Gasteiger partial charge >= 0.3 is 5.97 Å². The van der Waals surface area contributed by atoms with E-state index >= 15 is 0 Å². The van der Waals surface area contributed by atoms with Crippen molar-refractivity contribution in [2.75, 3.05) is 12.9 Å². The Labute approximate surface area is 187 Å². The van der Waals surface area contributed by atoms with Gasteiger partial charge in [-0.2, -0.15) is 0 Å². The van der Waals surface area contributed by atoms with Crippen molar-refractivity contribution in [3.05, 3.63) is 90.0 Å². The zero-order valence-corrected chi connectivity index (χ0v) is 18.5. The molecule has 3 aromatic carbocycles. The van der Waals surface area contributed by atoms with Gasteiger partial charge in [-0.25, -0.2) is 13.6 Å². The molecule has 0 spiro atoms. The standard InChI is InChI=1S/C24H25NO6S/c1-29-24(26)15-20(17-32(25,27)28)19-10-12-21(13-11-19)30-16-18-6-5-9-23(14-18)31-22-7-3-2-4-8-22/h2-14,20H,15-17H2,1H3,(H2,25,27,28). The molecule has 2 N–H and O–H groups in total. The van der Waals surface area contributed by atoms with Crippen LogP contribution in [0.15, 0.2) is 78.9 Å². The Hall–Kier alpha value is -3.36. The lowest BCUT2D eigenvalue weighted by atomic mass is 9.97. The molecule has 7 nitrogen and oxygen atoms in total. The number of primary sulfonamides is 1. The number of hydrogen-bond donors (Lipinski definition) is 1. The lowest BCUT2D eigenvalue weighted by Gasteiger charge is -2.16. The summed E-state index contributed by atoms with van der Waals surface area (Å²) in [6.45, 7) is 0.327. The number of para-hydroxylation sites is 1. The van der Waals surface area contributed by atoms with Crippen LogP contribution in [0, 0.1) is 0 Å². The van der Waals surface area contributed by atoms with Crippen molar-refractivity contribution in [2.24, 2.45) is 5.14 Å². The number of nitrogens with two attached hydrogens (primary N) is 1. The fourth-order valence-electron chi connectivity index (χ4n) is 3.16. The minimum atomic E-state index is -3.76. The number of methoxy groups -OCH3 is 1. The van der Waals surface area contributed by atoms with Crippen LogP contribution >= 0.6 is 0 Å². The molecular weight excluding hydrogens is 430 g/mol. The SMILES string of the molecule is COC(=O)CC(CS(N)(=O)=O)c1ccc(OCc2cccc(Oc3ccccc3)c2)cc1. The lowest BCUT2D eigenvalue weighted by molar-refractivity contribution is -0.140. The molecule has 0 fully saturated rings. The summed E-state index contributed by atoms with van der Waals surface area (Å²) >= 11 is 0. The van der Waals surface area contributed by atoms with Crippen molar-refractivity contribution in [3.63, 3.8) is 0 Å². The van der Waals surface area contributed by atoms with Gasteiger partial charge in [0.2, 0.25) is 10.0 Å². The Kier molecular flexibility index (Phi) is 7.86. The molecule has 3 aromatic rings. The van der Waals surface area contributed by atoms with Crippen molar-refractivity contribution in [3.8, 4) is 17.2 Å². The first-order valence-corrected chi connectivity index (χ1v) is 11.7. The van der Waals surface area contributed by atoms with Crippen LogP contribution < -0.4 is 14.6 Å². The van der Waals surface area contributed by atoms with E-state index in [1.54, 1.807) is 24.3 Å². The van der Waals surface area contributed by atoms with Crippen LogP contribution in [0.3, 0.4) is 0 Å². The average Bonchev–Trinajstić information content (AvgIpc) is 2.77. The van der Waals surface area contributed by atoms with Crippen molar-refractivity contribution in [1.82, 2.24) is 0 Å². The van der Waals surface area contributed by atoms with Gasteiger partial charge in [-0.15, -0.1) is 0 Å². The molecule has 8 heteroatoms. The summed E-state index contributed by atoms with van der Waals surface area (Å²) in [5.74, 6) is 0.616. The third-order valence-electron chi connectivity index (χ3n) is 4.71. The summed E-state index contributed by atoms with van der Waals surface area (Å²) in [6.07, 6.45) is -0.0820. The van der Waals surface area contributed by atoms with Crippen LogP contribution in [0.1, 0.15) is 23.5 Å². The van der Waals surface area contributed by atoms with E-state index in [0.717, 1.165) is 11.3 Å². The van der Waals surface area contributed by atoms with Crippen LogP contribution in [0.25, 0.3) is 0 Å². The Bertz CT molecular complexity index is 1130. The predicted octanol–water partition coefficient (Wildman–Crippen LogP) is 3.99. The zero-order valence-electron chi connectivity index (χ0n) is 17.6. The first-order chi connectivity index (χ1) is 15.3. The van der Waals surface area contributed by atoms with Gasteiger partial charge in [0.05, 0.1) is 19.3 Å². The summed E-state index contributed by atoms with van der Waals surface area (Å²) in [6, 6.07) is 24.0. The highest BCUT2D eigenvalue weighted by Gasteiger charge is 2.21. The van der Waals surface area contributed by atoms with Gasteiger partial charge in [0, 0.05) is 5.92 Å².